The third kappa shape index (κ3) is 3.48. The van der Waals surface area contributed by atoms with E-state index in [0.29, 0.717) is 28.2 Å². The highest BCUT2D eigenvalue weighted by atomic mass is 32.1. The van der Waals surface area contributed by atoms with E-state index >= 15 is 0 Å². The molecule has 17 heavy (non-hydrogen) atoms. The number of nitrogens with two attached hydrogens (primary N) is 1. The summed E-state index contributed by atoms with van der Waals surface area (Å²) in [5.74, 6) is -0.329. The standard InChI is InChI=1S/C12H14N2O2S/c1-2-16-12(15)5-8-3-10(17)4-9(6-13)11(8)7-14/h3-4,17H,2,5,7,14H2,1H3. The predicted octanol–water partition coefficient (Wildman–Crippen LogP) is 1.41. The number of esters is 1. The Labute approximate surface area is 106 Å². The lowest BCUT2D eigenvalue weighted by Gasteiger charge is -2.10. The summed E-state index contributed by atoms with van der Waals surface area (Å²) < 4.78 is 4.87. The Balaban J connectivity index is 3.10. The Morgan fingerprint density at radius 1 is 1.59 bits per heavy atom. The van der Waals surface area contributed by atoms with Crippen LogP contribution in [0.1, 0.15) is 23.6 Å². The topological polar surface area (TPSA) is 76.1 Å². The van der Waals surface area contributed by atoms with Crippen LogP contribution < -0.4 is 5.73 Å². The minimum Gasteiger partial charge on any atom is -0.466 e. The van der Waals surface area contributed by atoms with Crippen LogP contribution in [0.3, 0.4) is 0 Å². The van der Waals surface area contributed by atoms with E-state index in [4.69, 9.17) is 15.7 Å². The summed E-state index contributed by atoms with van der Waals surface area (Å²) in [6.45, 7) is 2.30. The maximum Gasteiger partial charge on any atom is 0.310 e. The first-order valence-electron chi connectivity index (χ1n) is 5.22. The van der Waals surface area contributed by atoms with Gasteiger partial charge in [-0.25, -0.2) is 0 Å². The van der Waals surface area contributed by atoms with Crippen LogP contribution in [0.4, 0.5) is 0 Å². The number of benzene rings is 1. The fourth-order valence-corrected chi connectivity index (χ4v) is 1.87. The maximum atomic E-state index is 11.4. The molecule has 0 aliphatic rings. The molecule has 1 aromatic rings. The van der Waals surface area contributed by atoms with Gasteiger partial charge in [0, 0.05) is 11.4 Å². The van der Waals surface area contributed by atoms with E-state index in [1.165, 1.54) is 0 Å². The first-order valence-corrected chi connectivity index (χ1v) is 5.67. The average Bonchev–Trinajstić information content (AvgIpc) is 2.28. The fraction of sp³-hybridized carbons (Fsp3) is 0.333. The maximum absolute atomic E-state index is 11.4. The van der Waals surface area contributed by atoms with Crippen molar-refractivity contribution in [3.8, 4) is 6.07 Å². The van der Waals surface area contributed by atoms with E-state index in [0.717, 1.165) is 0 Å². The zero-order chi connectivity index (χ0) is 12.8. The summed E-state index contributed by atoms with van der Waals surface area (Å²) >= 11 is 4.19. The van der Waals surface area contributed by atoms with Gasteiger partial charge in [0.25, 0.3) is 0 Å². The predicted molar refractivity (Wildman–Crippen MR) is 66.6 cm³/mol. The summed E-state index contributed by atoms with van der Waals surface area (Å²) in [6, 6.07) is 5.43. The van der Waals surface area contributed by atoms with Crippen molar-refractivity contribution in [2.75, 3.05) is 6.61 Å². The Kier molecular flexibility index (Phi) is 5.01. The van der Waals surface area contributed by atoms with Crippen LogP contribution >= 0.6 is 12.6 Å². The second kappa shape index (κ2) is 6.28. The number of thiol groups is 1. The van der Waals surface area contributed by atoms with E-state index < -0.39 is 0 Å². The molecule has 0 heterocycles. The van der Waals surface area contributed by atoms with Crippen LogP contribution in [0, 0.1) is 11.3 Å². The molecule has 90 valence electrons. The van der Waals surface area contributed by atoms with Crippen LogP contribution in [-0.2, 0) is 22.5 Å². The van der Waals surface area contributed by atoms with Gasteiger partial charge in [-0.1, -0.05) is 0 Å². The third-order valence-corrected chi connectivity index (χ3v) is 2.55. The zero-order valence-electron chi connectivity index (χ0n) is 9.56. The molecule has 0 saturated carbocycles. The van der Waals surface area contributed by atoms with Gasteiger partial charge in [0.15, 0.2) is 0 Å². The number of hydrogen-bond donors (Lipinski definition) is 2. The van der Waals surface area contributed by atoms with Gasteiger partial charge in [-0.2, -0.15) is 5.26 Å². The summed E-state index contributed by atoms with van der Waals surface area (Å²) in [5.41, 5.74) is 7.44. The summed E-state index contributed by atoms with van der Waals surface area (Å²) in [4.78, 5) is 12.1. The second-order valence-electron chi connectivity index (χ2n) is 3.43. The van der Waals surface area contributed by atoms with E-state index in [9.17, 15) is 4.79 Å². The van der Waals surface area contributed by atoms with Gasteiger partial charge in [-0.05, 0) is 30.2 Å². The lowest BCUT2D eigenvalue weighted by molar-refractivity contribution is -0.142. The monoisotopic (exact) mass is 250 g/mol. The molecule has 1 rings (SSSR count). The molecule has 0 fully saturated rings. The highest BCUT2D eigenvalue weighted by Crippen LogP contribution is 2.20. The smallest absolute Gasteiger partial charge is 0.310 e. The first kappa shape index (κ1) is 13.6. The number of nitriles is 1. The molecule has 0 saturated heterocycles. The molecule has 2 N–H and O–H groups in total. The molecule has 0 aliphatic carbocycles. The molecule has 0 radical (unpaired) electrons. The van der Waals surface area contributed by atoms with Crippen molar-refractivity contribution >= 4 is 18.6 Å². The highest BCUT2D eigenvalue weighted by Gasteiger charge is 2.12. The number of nitrogens with zero attached hydrogens (tertiary/aromatic N) is 1. The Hall–Kier alpha value is -1.51. The Morgan fingerprint density at radius 2 is 2.29 bits per heavy atom. The van der Waals surface area contributed by atoms with E-state index in [1.807, 2.05) is 0 Å². The molecule has 1 aromatic carbocycles. The van der Waals surface area contributed by atoms with Gasteiger partial charge in [0.05, 0.1) is 24.7 Å². The van der Waals surface area contributed by atoms with Crippen molar-refractivity contribution in [2.24, 2.45) is 5.73 Å². The number of hydrogen-bond acceptors (Lipinski definition) is 5. The molecular weight excluding hydrogens is 236 g/mol. The molecule has 5 heteroatoms. The molecule has 0 bridgehead atoms. The van der Waals surface area contributed by atoms with Gasteiger partial charge in [-0.15, -0.1) is 12.6 Å². The SMILES string of the molecule is CCOC(=O)Cc1cc(S)cc(C#N)c1CN. The van der Waals surface area contributed by atoms with Crippen molar-refractivity contribution in [3.05, 3.63) is 28.8 Å². The van der Waals surface area contributed by atoms with Gasteiger partial charge < -0.3 is 10.5 Å². The van der Waals surface area contributed by atoms with Crippen LogP contribution in [0.2, 0.25) is 0 Å². The summed E-state index contributed by atoms with van der Waals surface area (Å²) in [6.07, 6.45) is 0.115. The van der Waals surface area contributed by atoms with E-state index in [-0.39, 0.29) is 18.9 Å². The fourth-order valence-electron chi connectivity index (χ4n) is 1.58. The minimum atomic E-state index is -0.329. The Bertz CT molecular complexity index is 466. The van der Waals surface area contributed by atoms with Crippen molar-refractivity contribution in [1.82, 2.24) is 0 Å². The van der Waals surface area contributed by atoms with Crippen LogP contribution in [-0.4, -0.2) is 12.6 Å². The van der Waals surface area contributed by atoms with E-state index in [1.54, 1.807) is 19.1 Å². The third-order valence-electron chi connectivity index (χ3n) is 2.29. The molecule has 4 nitrogen and oxygen atoms in total. The molecule has 0 amide bonds. The number of rotatable bonds is 4. The molecule has 0 aromatic heterocycles. The molecule has 0 unspecified atom stereocenters. The van der Waals surface area contributed by atoms with Gasteiger partial charge in [-0.3, -0.25) is 4.79 Å². The lowest BCUT2D eigenvalue weighted by Crippen LogP contribution is -2.12. The van der Waals surface area contributed by atoms with Crippen molar-refractivity contribution < 1.29 is 9.53 Å². The minimum absolute atomic E-state index is 0.115. The summed E-state index contributed by atoms with van der Waals surface area (Å²) in [7, 11) is 0. The van der Waals surface area contributed by atoms with Crippen LogP contribution in [0.25, 0.3) is 0 Å². The first-order chi connectivity index (χ1) is 8.12. The quantitative estimate of drug-likeness (QED) is 0.626. The molecule has 0 aliphatic heterocycles. The summed E-state index contributed by atoms with van der Waals surface area (Å²) in [5, 5.41) is 8.98. The van der Waals surface area contributed by atoms with Crippen LogP contribution in [0.5, 0.6) is 0 Å². The molecule has 0 atom stereocenters. The largest absolute Gasteiger partial charge is 0.466 e. The second-order valence-corrected chi connectivity index (χ2v) is 3.95. The highest BCUT2D eigenvalue weighted by molar-refractivity contribution is 7.80. The Morgan fingerprint density at radius 3 is 2.82 bits per heavy atom. The van der Waals surface area contributed by atoms with Gasteiger partial charge in [0.2, 0.25) is 0 Å². The number of carbonyl (C=O) groups is 1. The number of carbonyl (C=O) groups excluding carboxylic acids is 1. The van der Waals surface area contributed by atoms with Crippen molar-refractivity contribution in [2.45, 2.75) is 24.8 Å². The molecule has 0 spiro atoms. The average molecular weight is 250 g/mol. The van der Waals surface area contributed by atoms with E-state index in [2.05, 4.69) is 18.7 Å². The molecular formula is C12H14N2O2S. The van der Waals surface area contributed by atoms with Gasteiger partial charge in [0.1, 0.15) is 0 Å². The van der Waals surface area contributed by atoms with Crippen molar-refractivity contribution in [1.29, 1.82) is 5.26 Å². The van der Waals surface area contributed by atoms with Crippen molar-refractivity contribution in [3.63, 3.8) is 0 Å². The normalized spacial score (nSPS) is 9.76. The lowest BCUT2D eigenvalue weighted by atomic mass is 9.99. The van der Waals surface area contributed by atoms with Gasteiger partial charge >= 0.3 is 5.97 Å². The zero-order valence-corrected chi connectivity index (χ0v) is 10.5. The number of ether oxygens (including phenoxy) is 1. The van der Waals surface area contributed by atoms with Crippen LogP contribution in [0.15, 0.2) is 17.0 Å².